The van der Waals surface area contributed by atoms with Gasteiger partial charge in [-0.15, -0.1) is 0 Å². The van der Waals surface area contributed by atoms with Crippen molar-refractivity contribution >= 4 is 23.7 Å². The Labute approximate surface area is 229 Å². The lowest BCUT2D eigenvalue weighted by Gasteiger charge is -2.27. The van der Waals surface area contributed by atoms with Gasteiger partial charge in [-0.3, -0.25) is 9.59 Å². The number of amides is 2. The summed E-state index contributed by atoms with van der Waals surface area (Å²) in [4.78, 5) is 26.6. The Balaban J connectivity index is 1.55. The molecule has 206 valence electrons. The van der Waals surface area contributed by atoms with Crippen molar-refractivity contribution < 1.29 is 23.8 Å². The van der Waals surface area contributed by atoms with Gasteiger partial charge in [0.1, 0.15) is 17.2 Å². The molecule has 2 amide bonds. The fourth-order valence-electron chi connectivity index (χ4n) is 3.90. The Morgan fingerprint density at radius 1 is 0.872 bits per heavy atom. The molecule has 3 aromatic rings. The standard InChI is InChI=1S/C30H36N4O5/c1-22(2)34(24-9-5-3-6-10-24)30(36)27-16-15-26(19-28(27)39-21-29(31)35)38-18-8-4-7-17-37-25-13-11-23(12-14-25)20-33-32/h3,5-6,9-16,19-20,22H,4,7-8,17-18,21,32H2,1-2H3,(H2,31,35). The van der Waals surface area contributed by atoms with Gasteiger partial charge in [-0.1, -0.05) is 18.2 Å². The first-order valence-electron chi connectivity index (χ1n) is 12.9. The molecule has 3 rings (SSSR count). The van der Waals surface area contributed by atoms with E-state index in [0.29, 0.717) is 24.5 Å². The van der Waals surface area contributed by atoms with Crippen LogP contribution in [-0.4, -0.2) is 43.9 Å². The van der Waals surface area contributed by atoms with Crippen LogP contribution in [-0.2, 0) is 4.79 Å². The molecule has 0 aromatic heterocycles. The molecule has 4 N–H and O–H groups in total. The third-order valence-corrected chi connectivity index (χ3v) is 5.75. The second-order valence-corrected chi connectivity index (χ2v) is 9.12. The summed E-state index contributed by atoms with van der Waals surface area (Å²) in [6, 6.07) is 21.9. The number of benzene rings is 3. The summed E-state index contributed by atoms with van der Waals surface area (Å²) in [5.74, 6) is 5.85. The van der Waals surface area contributed by atoms with Gasteiger partial charge in [0, 0.05) is 17.8 Å². The number of hydrogen-bond acceptors (Lipinski definition) is 7. The minimum absolute atomic E-state index is 0.103. The molecule has 0 bridgehead atoms. The molecule has 0 atom stereocenters. The number of hydrogen-bond donors (Lipinski definition) is 2. The van der Waals surface area contributed by atoms with E-state index in [-0.39, 0.29) is 24.3 Å². The van der Waals surface area contributed by atoms with Crippen LogP contribution >= 0.6 is 0 Å². The van der Waals surface area contributed by atoms with Crippen LogP contribution in [0.1, 0.15) is 49.0 Å². The zero-order valence-electron chi connectivity index (χ0n) is 22.4. The second kappa shape index (κ2) is 15.0. The normalized spacial score (nSPS) is 10.9. The Bertz CT molecular complexity index is 1230. The Kier molecular flexibility index (Phi) is 11.2. The van der Waals surface area contributed by atoms with E-state index in [1.165, 1.54) is 0 Å². The van der Waals surface area contributed by atoms with Gasteiger partial charge in [-0.2, -0.15) is 5.10 Å². The number of carbonyl (C=O) groups is 2. The molecule has 0 saturated heterocycles. The lowest BCUT2D eigenvalue weighted by atomic mass is 10.1. The molecule has 0 radical (unpaired) electrons. The maximum absolute atomic E-state index is 13.5. The fourth-order valence-corrected chi connectivity index (χ4v) is 3.90. The first-order chi connectivity index (χ1) is 18.9. The number of unbranched alkanes of at least 4 members (excludes halogenated alkanes) is 2. The summed E-state index contributed by atoms with van der Waals surface area (Å²) in [6.45, 7) is 4.61. The predicted octanol–water partition coefficient (Wildman–Crippen LogP) is 4.53. The van der Waals surface area contributed by atoms with Crippen LogP contribution in [0.2, 0.25) is 0 Å². The molecule has 0 spiro atoms. The van der Waals surface area contributed by atoms with E-state index < -0.39 is 5.91 Å². The molecule has 0 fully saturated rings. The predicted molar refractivity (Wildman–Crippen MR) is 153 cm³/mol. The number of nitrogens with two attached hydrogens (primary N) is 2. The molecule has 0 aliphatic rings. The average molecular weight is 533 g/mol. The summed E-state index contributed by atoms with van der Waals surface area (Å²) in [6.07, 6.45) is 4.19. The number of carbonyl (C=O) groups excluding carboxylic acids is 2. The molecule has 0 aliphatic heterocycles. The monoisotopic (exact) mass is 532 g/mol. The highest BCUT2D eigenvalue weighted by atomic mass is 16.5. The molecule has 0 heterocycles. The molecule has 0 saturated carbocycles. The number of hydrazone groups is 1. The van der Waals surface area contributed by atoms with Crippen LogP contribution < -0.4 is 30.7 Å². The summed E-state index contributed by atoms with van der Waals surface area (Å²) < 4.78 is 17.3. The lowest BCUT2D eigenvalue weighted by Crippen LogP contribution is -2.37. The van der Waals surface area contributed by atoms with Gasteiger partial charge in [0.05, 0.1) is 25.0 Å². The minimum Gasteiger partial charge on any atom is -0.494 e. The van der Waals surface area contributed by atoms with Gasteiger partial charge >= 0.3 is 0 Å². The Morgan fingerprint density at radius 3 is 2.13 bits per heavy atom. The molecular weight excluding hydrogens is 496 g/mol. The third kappa shape index (κ3) is 9.07. The first kappa shape index (κ1) is 29.0. The highest BCUT2D eigenvalue weighted by molar-refractivity contribution is 6.08. The van der Waals surface area contributed by atoms with E-state index in [4.69, 9.17) is 25.8 Å². The number of para-hydroxylation sites is 1. The van der Waals surface area contributed by atoms with Crippen LogP contribution in [0.15, 0.2) is 77.9 Å². The lowest BCUT2D eigenvalue weighted by molar-refractivity contribution is -0.119. The van der Waals surface area contributed by atoms with E-state index in [0.717, 1.165) is 36.3 Å². The van der Waals surface area contributed by atoms with Gasteiger partial charge in [0.15, 0.2) is 6.61 Å². The van der Waals surface area contributed by atoms with Crippen LogP contribution in [0.4, 0.5) is 5.69 Å². The molecule has 9 nitrogen and oxygen atoms in total. The molecular formula is C30H36N4O5. The van der Waals surface area contributed by atoms with Gasteiger partial charge in [-0.25, -0.2) is 0 Å². The van der Waals surface area contributed by atoms with E-state index >= 15 is 0 Å². The zero-order valence-corrected chi connectivity index (χ0v) is 22.4. The Morgan fingerprint density at radius 2 is 1.51 bits per heavy atom. The smallest absolute Gasteiger partial charge is 0.262 e. The van der Waals surface area contributed by atoms with Gasteiger partial charge in [0.2, 0.25) is 0 Å². The van der Waals surface area contributed by atoms with Crippen molar-refractivity contribution in [2.24, 2.45) is 16.7 Å². The largest absolute Gasteiger partial charge is 0.494 e. The van der Waals surface area contributed by atoms with Crippen molar-refractivity contribution in [3.05, 3.63) is 83.9 Å². The molecule has 9 heteroatoms. The minimum atomic E-state index is -0.633. The number of anilines is 1. The Hall–Kier alpha value is -4.53. The SMILES string of the molecule is CC(C)N(C(=O)c1ccc(OCCCCCOc2ccc(C=NN)cc2)cc1OCC(N)=O)c1ccccc1. The summed E-state index contributed by atoms with van der Waals surface area (Å²) in [5, 5.41) is 3.50. The van der Waals surface area contributed by atoms with Crippen molar-refractivity contribution in [3.63, 3.8) is 0 Å². The zero-order chi connectivity index (χ0) is 28.0. The van der Waals surface area contributed by atoms with E-state index in [9.17, 15) is 9.59 Å². The van der Waals surface area contributed by atoms with Gasteiger partial charge in [-0.05, 0) is 87.2 Å². The summed E-state index contributed by atoms with van der Waals surface area (Å²) >= 11 is 0. The number of primary amides is 1. The molecule has 39 heavy (non-hydrogen) atoms. The van der Waals surface area contributed by atoms with Crippen molar-refractivity contribution in [1.82, 2.24) is 0 Å². The highest BCUT2D eigenvalue weighted by Gasteiger charge is 2.24. The van der Waals surface area contributed by atoms with Gasteiger partial charge < -0.3 is 30.7 Å². The number of rotatable bonds is 15. The van der Waals surface area contributed by atoms with Crippen molar-refractivity contribution in [2.45, 2.75) is 39.2 Å². The van der Waals surface area contributed by atoms with E-state index in [1.54, 1.807) is 29.3 Å². The summed E-state index contributed by atoms with van der Waals surface area (Å²) in [5.41, 5.74) is 7.29. The van der Waals surface area contributed by atoms with Crippen LogP contribution in [0.5, 0.6) is 17.2 Å². The maximum Gasteiger partial charge on any atom is 0.262 e. The molecule has 3 aromatic carbocycles. The average Bonchev–Trinajstić information content (AvgIpc) is 2.93. The third-order valence-electron chi connectivity index (χ3n) is 5.75. The highest BCUT2D eigenvalue weighted by Crippen LogP contribution is 2.29. The van der Waals surface area contributed by atoms with Crippen LogP contribution in [0, 0.1) is 0 Å². The topological polar surface area (TPSA) is 129 Å². The quantitative estimate of drug-likeness (QED) is 0.128. The number of ether oxygens (including phenoxy) is 3. The number of nitrogens with zero attached hydrogens (tertiary/aromatic N) is 2. The maximum atomic E-state index is 13.5. The van der Waals surface area contributed by atoms with Crippen molar-refractivity contribution in [2.75, 3.05) is 24.7 Å². The van der Waals surface area contributed by atoms with Crippen molar-refractivity contribution in [3.8, 4) is 17.2 Å². The van der Waals surface area contributed by atoms with Crippen LogP contribution in [0.25, 0.3) is 0 Å². The molecule has 0 aliphatic carbocycles. The van der Waals surface area contributed by atoms with E-state index in [2.05, 4.69) is 5.10 Å². The van der Waals surface area contributed by atoms with Crippen LogP contribution in [0.3, 0.4) is 0 Å². The van der Waals surface area contributed by atoms with Crippen molar-refractivity contribution in [1.29, 1.82) is 0 Å². The fraction of sp³-hybridized carbons (Fsp3) is 0.300. The summed E-state index contributed by atoms with van der Waals surface area (Å²) in [7, 11) is 0. The van der Waals surface area contributed by atoms with Gasteiger partial charge in [0.25, 0.3) is 11.8 Å². The second-order valence-electron chi connectivity index (χ2n) is 9.12. The first-order valence-corrected chi connectivity index (χ1v) is 12.9. The molecule has 0 unspecified atom stereocenters. The van der Waals surface area contributed by atoms with E-state index in [1.807, 2.05) is 68.4 Å².